The molecule has 2 N–H and O–H groups in total. The van der Waals surface area contributed by atoms with E-state index in [1.165, 1.54) is 0 Å². The van der Waals surface area contributed by atoms with Gasteiger partial charge in [-0.05, 0) is 74.7 Å². The van der Waals surface area contributed by atoms with Gasteiger partial charge >= 0.3 is 0 Å². The molecule has 0 unspecified atom stereocenters. The second kappa shape index (κ2) is 9.94. The summed E-state index contributed by atoms with van der Waals surface area (Å²) in [6, 6.07) is 20.3. The number of amides is 2. The molecule has 160 valence electrons. The van der Waals surface area contributed by atoms with Gasteiger partial charge in [0.2, 0.25) is 0 Å². The summed E-state index contributed by atoms with van der Waals surface area (Å²) >= 11 is 0. The van der Waals surface area contributed by atoms with Gasteiger partial charge in [-0.25, -0.2) is 0 Å². The van der Waals surface area contributed by atoms with Gasteiger partial charge in [0.05, 0.1) is 0 Å². The Bertz CT molecular complexity index is 1060. The number of para-hydroxylation sites is 1. The van der Waals surface area contributed by atoms with Crippen LogP contribution in [0.2, 0.25) is 0 Å². The lowest BCUT2D eigenvalue weighted by Crippen LogP contribution is -2.30. The summed E-state index contributed by atoms with van der Waals surface area (Å²) < 4.78 is 5.78. The van der Waals surface area contributed by atoms with Gasteiger partial charge in [-0.1, -0.05) is 42.8 Å². The molecule has 31 heavy (non-hydrogen) atoms. The van der Waals surface area contributed by atoms with Gasteiger partial charge in [-0.3, -0.25) is 9.59 Å². The molecule has 0 heterocycles. The third kappa shape index (κ3) is 5.72. The van der Waals surface area contributed by atoms with Crippen LogP contribution in [-0.4, -0.2) is 17.9 Å². The molecule has 0 fully saturated rings. The van der Waals surface area contributed by atoms with E-state index in [1.807, 2.05) is 56.3 Å². The Morgan fingerprint density at radius 3 is 2.23 bits per heavy atom. The van der Waals surface area contributed by atoms with Gasteiger partial charge in [0.1, 0.15) is 5.75 Å². The molecule has 1 atom stereocenters. The van der Waals surface area contributed by atoms with Crippen LogP contribution in [0.4, 0.5) is 11.4 Å². The highest BCUT2D eigenvalue weighted by Gasteiger charge is 2.17. The maximum Gasteiger partial charge on any atom is 0.265 e. The van der Waals surface area contributed by atoms with Crippen molar-refractivity contribution in [1.82, 2.24) is 0 Å². The number of nitrogens with one attached hydrogen (secondary N) is 2. The van der Waals surface area contributed by atoms with Gasteiger partial charge in [0, 0.05) is 16.9 Å². The fourth-order valence-electron chi connectivity index (χ4n) is 3.21. The Kier molecular flexibility index (Phi) is 7.08. The van der Waals surface area contributed by atoms with Crippen LogP contribution in [0.1, 0.15) is 40.9 Å². The van der Waals surface area contributed by atoms with E-state index in [1.54, 1.807) is 31.2 Å². The monoisotopic (exact) mass is 416 g/mol. The summed E-state index contributed by atoms with van der Waals surface area (Å²) in [5, 5.41) is 5.85. The maximum absolute atomic E-state index is 12.6. The van der Waals surface area contributed by atoms with Crippen molar-refractivity contribution in [3.8, 4) is 5.75 Å². The second-order valence-electron chi connectivity index (χ2n) is 7.56. The molecule has 3 aromatic carbocycles. The van der Waals surface area contributed by atoms with Crippen LogP contribution in [0, 0.1) is 13.8 Å². The number of benzene rings is 3. The molecule has 5 heteroatoms. The number of rotatable bonds is 7. The van der Waals surface area contributed by atoms with E-state index in [2.05, 4.69) is 17.6 Å². The highest BCUT2D eigenvalue weighted by atomic mass is 16.5. The van der Waals surface area contributed by atoms with E-state index in [4.69, 9.17) is 4.74 Å². The van der Waals surface area contributed by atoms with E-state index >= 15 is 0 Å². The molecule has 0 aromatic heterocycles. The number of hydrogen-bond donors (Lipinski definition) is 2. The lowest BCUT2D eigenvalue weighted by molar-refractivity contribution is -0.122. The largest absolute Gasteiger partial charge is 0.481 e. The SMILES string of the molecule is CCc1cccc(C)c1NC(=O)[C@H](C)Oc1ccc(C(=O)Nc2ccc(C)cc2)cc1. The zero-order valence-corrected chi connectivity index (χ0v) is 18.4. The normalized spacial score (nSPS) is 11.5. The fraction of sp³-hybridized carbons (Fsp3) is 0.231. The van der Waals surface area contributed by atoms with Gasteiger partial charge in [-0.15, -0.1) is 0 Å². The van der Waals surface area contributed by atoms with E-state index in [0.29, 0.717) is 11.3 Å². The minimum absolute atomic E-state index is 0.201. The molecule has 0 aliphatic carbocycles. The third-order valence-electron chi connectivity index (χ3n) is 5.10. The summed E-state index contributed by atoms with van der Waals surface area (Å²) in [7, 11) is 0. The van der Waals surface area contributed by atoms with Crippen molar-refractivity contribution in [3.05, 3.63) is 89.0 Å². The standard InChI is InChI=1S/C26H28N2O3/c1-5-20-8-6-7-18(3)24(20)28-25(29)19(4)31-23-15-11-21(12-16-23)26(30)27-22-13-9-17(2)10-14-22/h6-16,19H,5H2,1-4H3,(H,27,30)(H,28,29)/t19-/m0/s1. The predicted octanol–water partition coefficient (Wildman–Crippen LogP) is 5.52. The van der Waals surface area contributed by atoms with Crippen LogP contribution in [0.25, 0.3) is 0 Å². The Hall–Kier alpha value is -3.60. The predicted molar refractivity (Wildman–Crippen MR) is 125 cm³/mol. The molecule has 5 nitrogen and oxygen atoms in total. The van der Waals surface area contributed by atoms with Crippen LogP contribution in [-0.2, 0) is 11.2 Å². The Morgan fingerprint density at radius 2 is 1.58 bits per heavy atom. The molecule has 2 amide bonds. The molecular weight excluding hydrogens is 388 g/mol. The molecule has 0 bridgehead atoms. The Balaban J connectivity index is 1.60. The molecule has 3 aromatic rings. The van der Waals surface area contributed by atoms with E-state index in [-0.39, 0.29) is 11.8 Å². The summed E-state index contributed by atoms with van der Waals surface area (Å²) in [5.41, 5.74) is 5.33. The first-order valence-corrected chi connectivity index (χ1v) is 10.4. The highest BCUT2D eigenvalue weighted by molar-refractivity contribution is 6.04. The topological polar surface area (TPSA) is 67.4 Å². The van der Waals surface area contributed by atoms with Crippen molar-refractivity contribution in [1.29, 1.82) is 0 Å². The van der Waals surface area contributed by atoms with Crippen LogP contribution in [0.5, 0.6) is 5.75 Å². The van der Waals surface area contributed by atoms with Crippen molar-refractivity contribution in [3.63, 3.8) is 0 Å². The van der Waals surface area contributed by atoms with Crippen LogP contribution < -0.4 is 15.4 Å². The van der Waals surface area contributed by atoms with E-state index in [9.17, 15) is 9.59 Å². The minimum atomic E-state index is -0.684. The summed E-state index contributed by atoms with van der Waals surface area (Å²) in [5.74, 6) is 0.105. The van der Waals surface area contributed by atoms with E-state index in [0.717, 1.165) is 34.5 Å². The van der Waals surface area contributed by atoms with Crippen LogP contribution >= 0.6 is 0 Å². The molecule has 0 spiro atoms. The Labute approximate surface area is 183 Å². The average Bonchev–Trinajstić information content (AvgIpc) is 2.77. The van der Waals surface area contributed by atoms with Crippen molar-refractivity contribution >= 4 is 23.2 Å². The van der Waals surface area contributed by atoms with Crippen LogP contribution in [0.15, 0.2) is 66.7 Å². The summed E-state index contributed by atoms with van der Waals surface area (Å²) in [6.07, 6.45) is 0.148. The van der Waals surface area contributed by atoms with Gasteiger partial charge < -0.3 is 15.4 Å². The van der Waals surface area contributed by atoms with Crippen molar-refractivity contribution < 1.29 is 14.3 Å². The number of anilines is 2. The first-order chi connectivity index (χ1) is 14.9. The first-order valence-electron chi connectivity index (χ1n) is 10.4. The molecular formula is C26H28N2O3. The van der Waals surface area contributed by atoms with Crippen molar-refractivity contribution in [2.75, 3.05) is 10.6 Å². The average molecular weight is 417 g/mol. The highest BCUT2D eigenvalue weighted by Crippen LogP contribution is 2.22. The Morgan fingerprint density at radius 1 is 0.903 bits per heavy atom. The number of aryl methyl sites for hydroxylation is 3. The first kappa shape index (κ1) is 22.1. The van der Waals surface area contributed by atoms with Gasteiger partial charge in [0.25, 0.3) is 11.8 Å². The van der Waals surface area contributed by atoms with Crippen LogP contribution in [0.3, 0.4) is 0 Å². The molecule has 0 saturated carbocycles. The lowest BCUT2D eigenvalue weighted by atomic mass is 10.1. The zero-order valence-electron chi connectivity index (χ0n) is 18.4. The van der Waals surface area contributed by atoms with Crippen molar-refractivity contribution in [2.45, 2.75) is 40.2 Å². The second-order valence-corrected chi connectivity index (χ2v) is 7.56. The quantitative estimate of drug-likeness (QED) is 0.533. The van der Waals surface area contributed by atoms with Crippen molar-refractivity contribution in [2.24, 2.45) is 0 Å². The van der Waals surface area contributed by atoms with Gasteiger partial charge in [-0.2, -0.15) is 0 Å². The molecule has 3 rings (SSSR count). The molecule has 0 aliphatic rings. The fourth-order valence-corrected chi connectivity index (χ4v) is 3.21. The lowest BCUT2D eigenvalue weighted by Gasteiger charge is -2.18. The third-order valence-corrected chi connectivity index (χ3v) is 5.10. The van der Waals surface area contributed by atoms with E-state index < -0.39 is 6.10 Å². The smallest absolute Gasteiger partial charge is 0.265 e. The zero-order chi connectivity index (χ0) is 22.4. The minimum Gasteiger partial charge on any atom is -0.481 e. The number of hydrogen-bond acceptors (Lipinski definition) is 3. The number of carbonyl (C=O) groups excluding carboxylic acids is 2. The molecule has 0 radical (unpaired) electrons. The molecule has 0 saturated heterocycles. The summed E-state index contributed by atoms with van der Waals surface area (Å²) in [4.78, 5) is 25.1. The maximum atomic E-state index is 12.6. The molecule has 0 aliphatic heterocycles. The number of carbonyl (C=O) groups is 2. The number of ether oxygens (including phenoxy) is 1. The summed E-state index contributed by atoms with van der Waals surface area (Å²) in [6.45, 7) is 7.73. The van der Waals surface area contributed by atoms with Gasteiger partial charge in [0.15, 0.2) is 6.10 Å².